The molecule has 0 heterocycles. The van der Waals surface area contributed by atoms with Gasteiger partial charge in [0.05, 0.1) is 13.2 Å². The van der Waals surface area contributed by atoms with Crippen molar-refractivity contribution in [1.82, 2.24) is 10.2 Å². The topological polar surface area (TPSA) is 134 Å². The van der Waals surface area contributed by atoms with Crippen LogP contribution in [0.1, 0.15) is 6.42 Å². The summed E-state index contributed by atoms with van der Waals surface area (Å²) in [4.78, 5) is 24.5. The number of amides is 1. The van der Waals surface area contributed by atoms with Crippen LogP contribution >= 0.6 is 11.8 Å². The van der Waals surface area contributed by atoms with Gasteiger partial charge in [-0.05, 0) is 18.4 Å². The number of aliphatic hydroxyl groups excluding tert-OH is 2. The lowest BCUT2D eigenvalue weighted by atomic mass is 10.2. The van der Waals surface area contributed by atoms with E-state index in [1.165, 1.54) is 22.9 Å². The maximum Gasteiger partial charge on any atom is 0.326 e. The average molecular weight is 331 g/mol. The molecule has 0 aromatic carbocycles. The highest BCUT2D eigenvalue weighted by Crippen LogP contribution is 2.04. The lowest BCUT2D eigenvalue weighted by Gasteiger charge is -2.19. The molecule has 0 radical (unpaired) electrons. The minimum Gasteiger partial charge on any atom is -0.480 e. The molecule has 1 amide bonds. The van der Waals surface area contributed by atoms with Crippen molar-refractivity contribution in [2.45, 2.75) is 12.5 Å². The zero-order valence-electron chi connectivity index (χ0n) is 12.4. The van der Waals surface area contributed by atoms with E-state index in [-0.39, 0.29) is 38.3 Å². The molecule has 0 spiro atoms. The first kappa shape index (κ1) is 20.2. The largest absolute Gasteiger partial charge is 0.480 e. The summed E-state index contributed by atoms with van der Waals surface area (Å²) >= 11 is 1.45. The van der Waals surface area contributed by atoms with Crippen molar-refractivity contribution in [2.24, 2.45) is 0 Å². The van der Waals surface area contributed by atoms with Crippen LogP contribution in [0, 0.1) is 11.3 Å². The zero-order valence-corrected chi connectivity index (χ0v) is 13.2. The first-order valence-electron chi connectivity index (χ1n) is 6.60. The fourth-order valence-electron chi connectivity index (χ4n) is 1.55. The molecule has 0 saturated carbocycles. The molecule has 0 aliphatic carbocycles. The second kappa shape index (κ2) is 11.9. The van der Waals surface area contributed by atoms with E-state index in [4.69, 9.17) is 20.6 Å². The summed E-state index contributed by atoms with van der Waals surface area (Å²) in [6, 6.07) is 0.627. The Balaban J connectivity index is 4.94. The third kappa shape index (κ3) is 7.87. The average Bonchev–Trinajstić information content (AvgIpc) is 2.48. The molecule has 0 bridgehead atoms. The van der Waals surface area contributed by atoms with Gasteiger partial charge in [0.2, 0.25) is 0 Å². The van der Waals surface area contributed by atoms with Gasteiger partial charge < -0.3 is 25.5 Å². The molecular formula is C13H21N3O5S. The Morgan fingerprint density at radius 1 is 1.36 bits per heavy atom. The Morgan fingerprint density at radius 3 is 2.36 bits per heavy atom. The molecular weight excluding hydrogens is 310 g/mol. The molecule has 1 atom stereocenters. The van der Waals surface area contributed by atoms with Crippen molar-refractivity contribution in [3.05, 3.63) is 11.8 Å². The first-order chi connectivity index (χ1) is 10.5. The SMILES string of the molecule is CSCCC(NC(=O)/C(C#N)=C\N(CCO)CCO)C(=O)O. The maximum atomic E-state index is 12.0. The zero-order chi connectivity index (χ0) is 17.0. The predicted molar refractivity (Wildman–Crippen MR) is 82.0 cm³/mol. The van der Waals surface area contributed by atoms with Gasteiger partial charge in [0.25, 0.3) is 5.91 Å². The quantitative estimate of drug-likeness (QED) is 0.280. The van der Waals surface area contributed by atoms with E-state index in [0.29, 0.717) is 5.75 Å². The summed E-state index contributed by atoms with van der Waals surface area (Å²) < 4.78 is 0. The fourth-order valence-corrected chi connectivity index (χ4v) is 2.02. The second-order valence-electron chi connectivity index (χ2n) is 4.28. The molecule has 8 nitrogen and oxygen atoms in total. The fraction of sp³-hybridized carbons (Fsp3) is 0.615. The number of carbonyl (C=O) groups excluding carboxylic acids is 1. The van der Waals surface area contributed by atoms with Crippen LogP contribution in [-0.4, -0.2) is 76.4 Å². The van der Waals surface area contributed by atoms with Gasteiger partial charge in [0.1, 0.15) is 17.7 Å². The Bertz CT molecular complexity index is 430. The molecule has 1 unspecified atom stereocenters. The Kier molecular flexibility index (Phi) is 10.9. The number of aliphatic hydroxyl groups is 2. The van der Waals surface area contributed by atoms with E-state index in [1.807, 2.05) is 6.26 Å². The minimum atomic E-state index is -1.16. The number of nitrogens with zero attached hydrogens (tertiary/aromatic N) is 2. The minimum absolute atomic E-state index is 0.147. The number of nitrogens with one attached hydrogen (secondary N) is 1. The summed E-state index contributed by atoms with van der Waals surface area (Å²) in [6.07, 6.45) is 3.27. The number of carboxylic acids is 1. The number of carbonyl (C=O) groups is 2. The molecule has 0 saturated heterocycles. The molecule has 22 heavy (non-hydrogen) atoms. The van der Waals surface area contributed by atoms with Crippen LogP contribution in [0.4, 0.5) is 0 Å². The molecule has 0 aromatic rings. The Labute approximate surface area is 133 Å². The van der Waals surface area contributed by atoms with Gasteiger partial charge in [0.15, 0.2) is 0 Å². The summed E-state index contributed by atoms with van der Waals surface area (Å²) in [6.45, 7) is -0.119. The van der Waals surface area contributed by atoms with Crippen LogP contribution in [-0.2, 0) is 9.59 Å². The van der Waals surface area contributed by atoms with Crippen LogP contribution in [0.3, 0.4) is 0 Å². The third-order valence-corrected chi connectivity index (χ3v) is 3.31. The third-order valence-electron chi connectivity index (χ3n) is 2.67. The highest BCUT2D eigenvalue weighted by molar-refractivity contribution is 7.98. The van der Waals surface area contributed by atoms with Gasteiger partial charge in [0, 0.05) is 19.3 Å². The van der Waals surface area contributed by atoms with E-state index in [0.717, 1.165) is 0 Å². The van der Waals surface area contributed by atoms with Crippen molar-refractivity contribution in [1.29, 1.82) is 5.26 Å². The molecule has 0 aliphatic heterocycles. The molecule has 0 rings (SSSR count). The van der Waals surface area contributed by atoms with Gasteiger partial charge in [-0.1, -0.05) is 0 Å². The normalized spacial score (nSPS) is 12.4. The van der Waals surface area contributed by atoms with Crippen LogP contribution < -0.4 is 5.32 Å². The van der Waals surface area contributed by atoms with Crippen LogP contribution in [0.2, 0.25) is 0 Å². The van der Waals surface area contributed by atoms with E-state index in [2.05, 4.69) is 5.32 Å². The molecule has 0 fully saturated rings. The number of nitriles is 1. The van der Waals surface area contributed by atoms with Crippen molar-refractivity contribution >= 4 is 23.6 Å². The van der Waals surface area contributed by atoms with Crippen molar-refractivity contribution in [2.75, 3.05) is 38.3 Å². The van der Waals surface area contributed by atoms with Gasteiger partial charge in [-0.25, -0.2) is 4.79 Å². The maximum absolute atomic E-state index is 12.0. The van der Waals surface area contributed by atoms with Crippen molar-refractivity contribution < 1.29 is 24.9 Å². The van der Waals surface area contributed by atoms with Crippen molar-refractivity contribution in [3.8, 4) is 6.07 Å². The monoisotopic (exact) mass is 331 g/mol. The first-order valence-corrected chi connectivity index (χ1v) is 7.99. The van der Waals surface area contributed by atoms with E-state index in [1.54, 1.807) is 6.07 Å². The number of thioether (sulfide) groups is 1. The van der Waals surface area contributed by atoms with Gasteiger partial charge in [-0.15, -0.1) is 0 Å². The summed E-state index contributed by atoms with van der Waals surface area (Å²) in [5.74, 6) is -1.40. The van der Waals surface area contributed by atoms with Crippen LogP contribution in [0.15, 0.2) is 11.8 Å². The molecule has 4 N–H and O–H groups in total. The smallest absolute Gasteiger partial charge is 0.326 e. The Hall–Kier alpha value is -1.76. The number of hydrogen-bond donors (Lipinski definition) is 4. The summed E-state index contributed by atoms with van der Waals surface area (Å²) in [5.41, 5.74) is -0.280. The van der Waals surface area contributed by atoms with Crippen LogP contribution in [0.25, 0.3) is 0 Å². The van der Waals surface area contributed by atoms with E-state index in [9.17, 15) is 9.59 Å². The van der Waals surface area contributed by atoms with Gasteiger partial charge in [-0.2, -0.15) is 17.0 Å². The number of hydrogen-bond acceptors (Lipinski definition) is 7. The lowest BCUT2D eigenvalue weighted by molar-refractivity contribution is -0.141. The lowest BCUT2D eigenvalue weighted by Crippen LogP contribution is -2.42. The molecule has 9 heteroatoms. The number of rotatable bonds is 11. The number of aliphatic carboxylic acids is 1. The Morgan fingerprint density at radius 2 is 1.95 bits per heavy atom. The van der Waals surface area contributed by atoms with Crippen LogP contribution in [0.5, 0.6) is 0 Å². The van der Waals surface area contributed by atoms with E-state index >= 15 is 0 Å². The van der Waals surface area contributed by atoms with Gasteiger partial charge >= 0.3 is 5.97 Å². The predicted octanol–water partition coefficient (Wildman–Crippen LogP) is -0.997. The molecule has 0 aliphatic rings. The molecule has 124 valence electrons. The highest BCUT2D eigenvalue weighted by atomic mass is 32.2. The standard InChI is InChI=1S/C13H21N3O5S/c1-22-7-2-11(13(20)21)15-12(19)10(8-14)9-16(3-5-17)4-6-18/h9,11,17-18H,2-7H2,1H3,(H,15,19)(H,20,21)/b10-9-. The summed E-state index contributed by atoms with van der Waals surface area (Å²) in [7, 11) is 0. The van der Waals surface area contributed by atoms with E-state index < -0.39 is 17.9 Å². The summed E-state index contributed by atoms with van der Waals surface area (Å²) in [5, 5.41) is 38.1. The second-order valence-corrected chi connectivity index (χ2v) is 5.27. The molecule has 0 aromatic heterocycles. The highest BCUT2D eigenvalue weighted by Gasteiger charge is 2.21. The number of carboxylic acid groups (broad SMARTS) is 1. The van der Waals surface area contributed by atoms with Crippen molar-refractivity contribution in [3.63, 3.8) is 0 Å². The van der Waals surface area contributed by atoms with Gasteiger partial charge in [-0.3, -0.25) is 4.79 Å².